The van der Waals surface area contributed by atoms with Crippen LogP contribution in [0.1, 0.15) is 61.4 Å². The molecular weight excluding hydrogens is 597 g/mol. The van der Waals surface area contributed by atoms with E-state index in [4.69, 9.17) is 10.1 Å². The van der Waals surface area contributed by atoms with Gasteiger partial charge in [-0.2, -0.15) is 0 Å². The van der Waals surface area contributed by atoms with Crippen molar-refractivity contribution >= 4 is 22.1 Å². The van der Waals surface area contributed by atoms with Gasteiger partial charge in [0, 0.05) is 30.6 Å². The first-order valence-electron chi connectivity index (χ1n) is 15.1. The van der Waals surface area contributed by atoms with Gasteiger partial charge in [-0.3, -0.25) is 9.78 Å². The van der Waals surface area contributed by atoms with Gasteiger partial charge >= 0.3 is 5.97 Å². The van der Waals surface area contributed by atoms with Crippen LogP contribution in [0.15, 0.2) is 53.4 Å². The summed E-state index contributed by atoms with van der Waals surface area (Å²) in [5, 5.41) is 29.7. The first-order chi connectivity index (χ1) is 21.3. The smallest absolute Gasteiger partial charge is 0.305 e. The molecule has 0 spiro atoms. The molecule has 2 atom stereocenters. The van der Waals surface area contributed by atoms with Crippen molar-refractivity contribution in [2.45, 2.75) is 69.0 Å². The number of hydrogen-bond acceptors (Lipinski definition) is 7. The van der Waals surface area contributed by atoms with Crippen molar-refractivity contribution in [3.63, 3.8) is 0 Å². The maximum absolute atomic E-state index is 14.1. The van der Waals surface area contributed by atoms with E-state index >= 15 is 0 Å². The SMILES string of the molecule is CC(C)c1nc2c(c(-c3ccc(F)cc3)c1/C=C/[C@@H](O)C[C@@H](O)CC(=O)O)CCCc1ccc(S(=O)(=O)NCCN(C)C)cc1-2. The van der Waals surface area contributed by atoms with Gasteiger partial charge in [0.05, 0.1) is 34.9 Å². The molecule has 1 aromatic heterocycles. The number of hydrogen-bond donors (Lipinski definition) is 4. The van der Waals surface area contributed by atoms with Gasteiger partial charge in [-0.25, -0.2) is 17.5 Å². The molecule has 0 aliphatic heterocycles. The number of nitrogens with one attached hydrogen (secondary N) is 1. The van der Waals surface area contributed by atoms with Gasteiger partial charge in [0.15, 0.2) is 0 Å². The highest BCUT2D eigenvalue weighted by Crippen LogP contribution is 2.42. The third-order valence-electron chi connectivity index (χ3n) is 7.82. The van der Waals surface area contributed by atoms with Crippen molar-refractivity contribution in [1.29, 1.82) is 0 Å². The zero-order valence-corrected chi connectivity index (χ0v) is 26.9. The summed E-state index contributed by atoms with van der Waals surface area (Å²) in [4.78, 5) is 18.2. The largest absolute Gasteiger partial charge is 0.481 e. The number of aliphatic hydroxyl groups excluding tert-OH is 2. The molecule has 0 bridgehead atoms. The molecule has 45 heavy (non-hydrogen) atoms. The van der Waals surface area contributed by atoms with Crippen molar-refractivity contribution in [3.8, 4) is 22.4 Å². The normalized spacial score (nSPS) is 14.8. The summed E-state index contributed by atoms with van der Waals surface area (Å²) in [6, 6.07) is 11.3. The molecular formula is C34H42FN3O6S. The van der Waals surface area contributed by atoms with E-state index in [0.29, 0.717) is 30.8 Å². The molecule has 4 rings (SSSR count). The molecule has 0 saturated carbocycles. The predicted molar refractivity (Wildman–Crippen MR) is 173 cm³/mol. The van der Waals surface area contributed by atoms with Crippen LogP contribution in [-0.4, -0.2) is 79.0 Å². The van der Waals surface area contributed by atoms with E-state index in [2.05, 4.69) is 4.72 Å². The Kier molecular flexibility index (Phi) is 11.3. The van der Waals surface area contributed by atoms with Crippen molar-refractivity contribution in [3.05, 3.63) is 76.7 Å². The average Bonchev–Trinajstić information content (AvgIpc) is 3.13. The Labute approximate surface area is 264 Å². The van der Waals surface area contributed by atoms with Gasteiger partial charge < -0.3 is 20.2 Å². The van der Waals surface area contributed by atoms with Gasteiger partial charge in [0.2, 0.25) is 10.0 Å². The molecule has 0 fully saturated rings. The number of aliphatic hydroxyl groups is 2. The minimum absolute atomic E-state index is 0.0878. The number of likely N-dealkylation sites (N-methyl/N-ethyl adjacent to an activating group) is 1. The number of aromatic nitrogens is 1. The standard InChI is InChI=1S/C34H42FN3O6S/c1-21(2)33-29(15-13-25(39)18-26(40)19-31(41)42)32(23-8-11-24(35)12-9-23)28-7-5-6-22-10-14-27(20-30(22)34(28)37-33)45(43,44)36-16-17-38(3)4/h8-15,20-21,25-26,36,39-40H,5-7,16-19H2,1-4H3,(H,41,42)/b15-13+/t25-,26-/m1/s1. The Morgan fingerprint density at radius 2 is 1.82 bits per heavy atom. The molecule has 0 saturated heterocycles. The van der Waals surface area contributed by atoms with Crippen molar-refractivity contribution in [1.82, 2.24) is 14.6 Å². The number of nitrogens with zero attached hydrogens (tertiary/aromatic N) is 2. The molecule has 4 N–H and O–H groups in total. The summed E-state index contributed by atoms with van der Waals surface area (Å²) in [6.45, 7) is 4.79. The summed E-state index contributed by atoms with van der Waals surface area (Å²) in [5.41, 5.74) is 6.26. The van der Waals surface area contributed by atoms with Crippen LogP contribution in [0.25, 0.3) is 28.5 Å². The van der Waals surface area contributed by atoms with Crippen LogP contribution in [0.2, 0.25) is 0 Å². The lowest BCUT2D eigenvalue weighted by Gasteiger charge is -2.22. The second-order valence-electron chi connectivity index (χ2n) is 12.1. The zero-order valence-electron chi connectivity index (χ0n) is 26.1. The Morgan fingerprint density at radius 1 is 1.11 bits per heavy atom. The minimum atomic E-state index is -3.78. The lowest BCUT2D eigenvalue weighted by Crippen LogP contribution is -2.31. The monoisotopic (exact) mass is 639 g/mol. The summed E-state index contributed by atoms with van der Waals surface area (Å²) >= 11 is 0. The fourth-order valence-corrected chi connectivity index (χ4v) is 6.68. The van der Waals surface area contributed by atoms with E-state index in [1.54, 1.807) is 30.3 Å². The van der Waals surface area contributed by atoms with E-state index in [1.807, 2.05) is 38.9 Å². The number of halogens is 1. The minimum Gasteiger partial charge on any atom is -0.481 e. The van der Waals surface area contributed by atoms with Crippen LogP contribution < -0.4 is 4.72 Å². The highest BCUT2D eigenvalue weighted by atomic mass is 32.2. The number of benzene rings is 2. The molecule has 0 unspecified atom stereocenters. The molecule has 1 aliphatic carbocycles. The third kappa shape index (κ3) is 8.62. The Morgan fingerprint density at radius 3 is 2.47 bits per heavy atom. The number of carboxylic acids is 1. The molecule has 11 heteroatoms. The quantitative estimate of drug-likeness (QED) is 0.213. The number of carbonyl (C=O) groups is 1. The van der Waals surface area contributed by atoms with Gasteiger partial charge in [-0.15, -0.1) is 0 Å². The van der Waals surface area contributed by atoms with Gasteiger partial charge in [-0.05, 0) is 85.8 Å². The molecule has 2 aromatic carbocycles. The number of carboxylic acid groups (broad SMARTS) is 1. The number of sulfonamides is 1. The third-order valence-corrected chi connectivity index (χ3v) is 9.28. The van der Waals surface area contributed by atoms with Gasteiger partial charge in [0.25, 0.3) is 0 Å². The maximum Gasteiger partial charge on any atom is 0.305 e. The number of pyridine rings is 1. The van der Waals surface area contributed by atoms with Crippen LogP contribution in [0, 0.1) is 5.82 Å². The second-order valence-corrected chi connectivity index (χ2v) is 13.8. The molecule has 0 amide bonds. The number of aliphatic carboxylic acids is 1. The molecule has 0 radical (unpaired) electrons. The van der Waals surface area contributed by atoms with Crippen LogP contribution in [0.4, 0.5) is 4.39 Å². The summed E-state index contributed by atoms with van der Waals surface area (Å²) in [7, 11) is -0.0390. The van der Waals surface area contributed by atoms with Crippen molar-refractivity contribution in [2.24, 2.45) is 0 Å². The summed E-state index contributed by atoms with van der Waals surface area (Å²) in [6.07, 6.45) is 2.40. The highest BCUT2D eigenvalue weighted by molar-refractivity contribution is 7.89. The summed E-state index contributed by atoms with van der Waals surface area (Å²) in [5.74, 6) is -1.63. The first-order valence-corrected chi connectivity index (χ1v) is 16.6. The van der Waals surface area contributed by atoms with Crippen molar-refractivity contribution < 1.29 is 32.9 Å². The summed E-state index contributed by atoms with van der Waals surface area (Å²) < 4.78 is 43.3. The van der Waals surface area contributed by atoms with Crippen LogP contribution in [0.3, 0.4) is 0 Å². The van der Waals surface area contributed by atoms with Crippen LogP contribution >= 0.6 is 0 Å². The Bertz CT molecular complexity index is 1660. The second kappa shape index (κ2) is 14.7. The van der Waals surface area contributed by atoms with Crippen molar-refractivity contribution in [2.75, 3.05) is 27.2 Å². The van der Waals surface area contributed by atoms with E-state index in [9.17, 15) is 27.8 Å². The zero-order chi connectivity index (χ0) is 32.9. The molecule has 9 nitrogen and oxygen atoms in total. The number of rotatable bonds is 13. The topological polar surface area (TPSA) is 140 Å². The van der Waals surface area contributed by atoms with E-state index in [-0.39, 0.29) is 29.6 Å². The first kappa shape index (κ1) is 34.4. The molecule has 3 aromatic rings. The lowest BCUT2D eigenvalue weighted by atomic mass is 9.86. The van der Waals surface area contributed by atoms with Crippen LogP contribution in [0.5, 0.6) is 0 Å². The highest BCUT2D eigenvalue weighted by Gasteiger charge is 2.27. The Balaban J connectivity index is 1.90. The van der Waals surface area contributed by atoms with E-state index in [1.165, 1.54) is 18.2 Å². The lowest BCUT2D eigenvalue weighted by molar-refractivity contribution is -0.139. The number of fused-ring (bicyclic) bond motifs is 3. The Hall–Kier alpha value is -3.48. The van der Waals surface area contributed by atoms with Gasteiger partial charge in [-0.1, -0.05) is 44.2 Å². The van der Waals surface area contributed by atoms with Crippen LogP contribution in [-0.2, 0) is 27.7 Å². The molecule has 1 aliphatic rings. The average molecular weight is 640 g/mol. The fourth-order valence-electron chi connectivity index (χ4n) is 5.63. The molecule has 1 heterocycles. The van der Waals surface area contributed by atoms with Gasteiger partial charge in [0.1, 0.15) is 5.82 Å². The van der Waals surface area contributed by atoms with E-state index in [0.717, 1.165) is 39.8 Å². The number of aryl methyl sites for hydroxylation is 1. The fraction of sp³-hybridized carbons (Fsp3) is 0.412. The van der Waals surface area contributed by atoms with E-state index < -0.39 is 34.6 Å². The predicted octanol–water partition coefficient (Wildman–Crippen LogP) is 4.61. The molecule has 242 valence electrons. The maximum atomic E-state index is 14.1.